The number of nitrogens with zero attached hydrogens (tertiary/aromatic N) is 2. The molecule has 1 heterocycles. The lowest BCUT2D eigenvalue weighted by molar-refractivity contribution is 0.0341. The minimum Gasteiger partial charge on any atom is -0.493 e. The summed E-state index contributed by atoms with van der Waals surface area (Å²) < 4.78 is 16.6. The van der Waals surface area contributed by atoms with Crippen molar-refractivity contribution >= 4 is 0 Å². The summed E-state index contributed by atoms with van der Waals surface area (Å²) in [6.45, 7) is 11.3. The Morgan fingerprint density at radius 2 is 1.92 bits per heavy atom. The van der Waals surface area contributed by atoms with Crippen LogP contribution in [0.3, 0.4) is 0 Å². The molecule has 0 aromatic heterocycles. The Bertz CT molecular complexity index is 502. The van der Waals surface area contributed by atoms with E-state index >= 15 is 0 Å². The molecule has 1 aliphatic rings. The molecule has 6 heteroatoms. The van der Waals surface area contributed by atoms with Crippen molar-refractivity contribution in [3.8, 4) is 11.5 Å². The average Bonchev–Trinajstić information content (AvgIpc) is 2.65. The van der Waals surface area contributed by atoms with Gasteiger partial charge in [0.15, 0.2) is 11.5 Å². The van der Waals surface area contributed by atoms with E-state index in [1.54, 1.807) is 7.11 Å². The van der Waals surface area contributed by atoms with Crippen LogP contribution in [-0.2, 0) is 11.3 Å². The van der Waals surface area contributed by atoms with Gasteiger partial charge >= 0.3 is 0 Å². The number of morpholine rings is 1. The third-order valence-electron chi connectivity index (χ3n) is 4.53. The quantitative estimate of drug-likeness (QED) is 0.690. The second kappa shape index (κ2) is 10.6. The molecule has 1 aromatic carbocycles. The number of hydrogen-bond donors (Lipinski definition) is 1. The van der Waals surface area contributed by atoms with Gasteiger partial charge in [-0.15, -0.1) is 0 Å². The fraction of sp³-hybridized carbons (Fsp3) is 0.684. The Hall–Kier alpha value is -1.34. The maximum Gasteiger partial charge on any atom is 0.161 e. The largest absolute Gasteiger partial charge is 0.493 e. The topological polar surface area (TPSA) is 54.4 Å². The van der Waals surface area contributed by atoms with E-state index in [-0.39, 0.29) is 6.61 Å². The standard InChI is InChI=1S/C19H32N2O4/c1-4-20(5-2)14-17(22)15-25-18-7-6-16(12-19(18)23-3)13-21-8-10-24-11-9-21/h6-7,12,17,22H,4-5,8-11,13-15H2,1-3H3. The van der Waals surface area contributed by atoms with Crippen molar-refractivity contribution in [2.24, 2.45) is 0 Å². The van der Waals surface area contributed by atoms with Crippen LogP contribution in [0.4, 0.5) is 0 Å². The van der Waals surface area contributed by atoms with Crippen LogP contribution < -0.4 is 9.47 Å². The van der Waals surface area contributed by atoms with E-state index < -0.39 is 6.10 Å². The van der Waals surface area contributed by atoms with E-state index in [1.807, 2.05) is 12.1 Å². The Kier molecular flexibility index (Phi) is 8.48. The van der Waals surface area contributed by atoms with Crippen LogP contribution in [0.1, 0.15) is 19.4 Å². The maximum absolute atomic E-state index is 10.2. The zero-order chi connectivity index (χ0) is 18.1. The zero-order valence-corrected chi connectivity index (χ0v) is 15.7. The van der Waals surface area contributed by atoms with Gasteiger partial charge < -0.3 is 24.2 Å². The Labute approximate surface area is 151 Å². The van der Waals surface area contributed by atoms with E-state index in [0.29, 0.717) is 18.0 Å². The van der Waals surface area contributed by atoms with E-state index in [4.69, 9.17) is 14.2 Å². The number of aliphatic hydroxyl groups excluding tert-OH is 1. The lowest BCUT2D eigenvalue weighted by atomic mass is 10.2. The van der Waals surface area contributed by atoms with Gasteiger partial charge in [-0.2, -0.15) is 0 Å². The first kappa shape index (κ1) is 20.0. The molecule has 1 unspecified atom stereocenters. The molecule has 142 valence electrons. The van der Waals surface area contributed by atoms with Crippen LogP contribution in [0.5, 0.6) is 11.5 Å². The van der Waals surface area contributed by atoms with Crippen molar-refractivity contribution in [3.05, 3.63) is 23.8 Å². The number of likely N-dealkylation sites (N-methyl/N-ethyl adjacent to an activating group) is 1. The molecule has 1 aromatic rings. The van der Waals surface area contributed by atoms with E-state index in [2.05, 4.69) is 29.7 Å². The SMILES string of the molecule is CCN(CC)CC(O)COc1ccc(CN2CCOCC2)cc1OC. The van der Waals surface area contributed by atoms with Gasteiger partial charge in [-0.25, -0.2) is 0 Å². The molecule has 25 heavy (non-hydrogen) atoms. The van der Waals surface area contributed by atoms with Gasteiger partial charge in [0.25, 0.3) is 0 Å². The molecule has 0 aliphatic carbocycles. The van der Waals surface area contributed by atoms with Crippen LogP contribution in [0.15, 0.2) is 18.2 Å². The molecule has 1 N–H and O–H groups in total. The monoisotopic (exact) mass is 352 g/mol. The molecule has 2 rings (SSSR count). The molecular formula is C19H32N2O4. The van der Waals surface area contributed by atoms with Gasteiger partial charge in [-0.1, -0.05) is 19.9 Å². The Balaban J connectivity index is 1.89. The van der Waals surface area contributed by atoms with Gasteiger partial charge in [-0.3, -0.25) is 4.90 Å². The van der Waals surface area contributed by atoms with Crippen molar-refractivity contribution in [2.45, 2.75) is 26.5 Å². The first-order valence-corrected chi connectivity index (χ1v) is 9.16. The molecule has 0 bridgehead atoms. The number of aliphatic hydroxyl groups is 1. The average molecular weight is 352 g/mol. The van der Waals surface area contributed by atoms with Crippen LogP contribution in [0.25, 0.3) is 0 Å². The van der Waals surface area contributed by atoms with Crippen molar-refractivity contribution < 1.29 is 19.3 Å². The molecular weight excluding hydrogens is 320 g/mol. The molecule has 1 saturated heterocycles. The van der Waals surface area contributed by atoms with Crippen molar-refractivity contribution in [1.29, 1.82) is 0 Å². The normalized spacial score (nSPS) is 16.8. The van der Waals surface area contributed by atoms with Crippen molar-refractivity contribution in [1.82, 2.24) is 9.80 Å². The minimum atomic E-state index is -0.516. The second-order valence-electron chi connectivity index (χ2n) is 6.32. The lowest BCUT2D eigenvalue weighted by Gasteiger charge is -2.27. The van der Waals surface area contributed by atoms with Crippen LogP contribution >= 0.6 is 0 Å². The summed E-state index contributed by atoms with van der Waals surface area (Å²) >= 11 is 0. The Morgan fingerprint density at radius 3 is 2.56 bits per heavy atom. The van der Waals surface area contributed by atoms with Crippen LogP contribution in [0, 0.1) is 0 Å². The molecule has 1 atom stereocenters. The fourth-order valence-electron chi connectivity index (χ4n) is 2.97. The zero-order valence-electron chi connectivity index (χ0n) is 15.7. The predicted molar refractivity (Wildman–Crippen MR) is 98.4 cm³/mol. The first-order valence-electron chi connectivity index (χ1n) is 9.16. The number of ether oxygens (including phenoxy) is 3. The third kappa shape index (κ3) is 6.47. The van der Waals surface area contributed by atoms with Crippen molar-refractivity contribution in [3.63, 3.8) is 0 Å². The van der Waals surface area contributed by atoms with E-state index in [9.17, 15) is 5.11 Å². The molecule has 0 spiro atoms. The van der Waals surface area contributed by atoms with Gasteiger partial charge in [0.2, 0.25) is 0 Å². The highest BCUT2D eigenvalue weighted by Gasteiger charge is 2.14. The minimum absolute atomic E-state index is 0.260. The maximum atomic E-state index is 10.2. The number of rotatable bonds is 10. The number of hydrogen-bond acceptors (Lipinski definition) is 6. The third-order valence-corrected chi connectivity index (χ3v) is 4.53. The molecule has 0 amide bonds. The van der Waals surface area contributed by atoms with Gasteiger partial charge in [0.05, 0.1) is 20.3 Å². The lowest BCUT2D eigenvalue weighted by Crippen LogP contribution is -2.35. The van der Waals surface area contributed by atoms with Gasteiger partial charge in [0, 0.05) is 26.2 Å². The summed E-state index contributed by atoms with van der Waals surface area (Å²) in [4.78, 5) is 4.54. The second-order valence-corrected chi connectivity index (χ2v) is 6.32. The predicted octanol–water partition coefficient (Wildman–Crippen LogP) is 1.61. The molecule has 1 aliphatic heterocycles. The Morgan fingerprint density at radius 1 is 1.20 bits per heavy atom. The number of benzene rings is 1. The van der Waals surface area contributed by atoms with Crippen LogP contribution in [0.2, 0.25) is 0 Å². The highest BCUT2D eigenvalue weighted by Crippen LogP contribution is 2.28. The summed E-state index contributed by atoms with van der Waals surface area (Å²) in [5.41, 5.74) is 1.19. The highest BCUT2D eigenvalue weighted by molar-refractivity contribution is 5.43. The van der Waals surface area contributed by atoms with Crippen LogP contribution in [-0.4, -0.2) is 80.7 Å². The fourth-order valence-corrected chi connectivity index (χ4v) is 2.97. The summed E-state index contributed by atoms with van der Waals surface area (Å²) in [7, 11) is 1.65. The summed E-state index contributed by atoms with van der Waals surface area (Å²) in [5.74, 6) is 1.38. The van der Waals surface area contributed by atoms with E-state index in [1.165, 1.54) is 5.56 Å². The van der Waals surface area contributed by atoms with Gasteiger partial charge in [0.1, 0.15) is 12.7 Å². The van der Waals surface area contributed by atoms with Gasteiger partial charge in [-0.05, 0) is 30.8 Å². The summed E-state index contributed by atoms with van der Waals surface area (Å²) in [6.07, 6.45) is -0.516. The van der Waals surface area contributed by atoms with Crippen molar-refractivity contribution in [2.75, 3.05) is 59.7 Å². The summed E-state index contributed by atoms with van der Waals surface area (Å²) in [6, 6.07) is 6.00. The first-order chi connectivity index (χ1) is 12.2. The smallest absolute Gasteiger partial charge is 0.161 e. The number of methoxy groups -OCH3 is 1. The summed E-state index contributed by atoms with van der Waals surface area (Å²) in [5, 5.41) is 10.2. The van der Waals surface area contributed by atoms with E-state index in [0.717, 1.165) is 45.9 Å². The molecule has 0 radical (unpaired) electrons. The molecule has 0 saturated carbocycles. The molecule has 6 nitrogen and oxygen atoms in total. The molecule has 1 fully saturated rings. The highest BCUT2D eigenvalue weighted by atomic mass is 16.5.